The highest BCUT2D eigenvalue weighted by molar-refractivity contribution is 5.85. The molecule has 0 saturated heterocycles. The summed E-state index contributed by atoms with van der Waals surface area (Å²) in [6.45, 7) is 2.78. The molecule has 3 N–H and O–H groups in total. The van der Waals surface area contributed by atoms with Crippen LogP contribution in [0, 0.1) is 12.8 Å². The second kappa shape index (κ2) is 9.06. The Balaban J connectivity index is 0.00000220. The molecule has 1 aromatic carbocycles. The van der Waals surface area contributed by atoms with Crippen molar-refractivity contribution >= 4 is 18.3 Å². The summed E-state index contributed by atoms with van der Waals surface area (Å²) >= 11 is 0. The molecule has 1 aromatic rings. The molecule has 3 nitrogen and oxygen atoms in total. The van der Waals surface area contributed by atoms with Gasteiger partial charge in [0.15, 0.2) is 0 Å². The van der Waals surface area contributed by atoms with Gasteiger partial charge in [-0.25, -0.2) is 0 Å². The predicted molar refractivity (Wildman–Crippen MR) is 89.7 cm³/mol. The summed E-state index contributed by atoms with van der Waals surface area (Å²) in [6.07, 6.45) is 6.07. The average molecular weight is 311 g/mol. The largest absolute Gasteiger partial charge is 0.353 e. The van der Waals surface area contributed by atoms with Crippen molar-refractivity contribution in [2.24, 2.45) is 11.7 Å². The fraction of sp³-hybridized carbons (Fsp3) is 0.588. The highest BCUT2D eigenvalue weighted by Gasteiger charge is 2.25. The average Bonchev–Trinajstić information content (AvgIpc) is 2.47. The second-order valence-electron chi connectivity index (χ2n) is 5.88. The van der Waals surface area contributed by atoms with E-state index in [2.05, 4.69) is 24.4 Å². The molecule has 0 spiro atoms. The van der Waals surface area contributed by atoms with Gasteiger partial charge in [-0.05, 0) is 49.8 Å². The molecule has 1 saturated carbocycles. The molecule has 0 aromatic heterocycles. The van der Waals surface area contributed by atoms with Crippen LogP contribution in [0.1, 0.15) is 43.2 Å². The number of benzene rings is 1. The van der Waals surface area contributed by atoms with Gasteiger partial charge in [0.2, 0.25) is 5.91 Å². The van der Waals surface area contributed by atoms with Gasteiger partial charge in [0, 0.05) is 12.5 Å². The van der Waals surface area contributed by atoms with Crippen LogP contribution in [0.4, 0.5) is 0 Å². The van der Waals surface area contributed by atoms with Crippen LogP contribution in [-0.2, 0) is 11.2 Å². The molecule has 1 amide bonds. The summed E-state index contributed by atoms with van der Waals surface area (Å²) < 4.78 is 0. The molecule has 2 unspecified atom stereocenters. The van der Waals surface area contributed by atoms with E-state index < -0.39 is 0 Å². The summed E-state index contributed by atoms with van der Waals surface area (Å²) in [6, 6.07) is 8.56. The van der Waals surface area contributed by atoms with Crippen molar-refractivity contribution in [1.82, 2.24) is 5.32 Å². The van der Waals surface area contributed by atoms with E-state index in [9.17, 15) is 4.79 Å². The van der Waals surface area contributed by atoms with E-state index in [1.807, 2.05) is 12.1 Å². The Labute approximate surface area is 134 Å². The molecule has 0 bridgehead atoms. The Hall–Kier alpha value is -1.06. The van der Waals surface area contributed by atoms with Crippen LogP contribution in [0.3, 0.4) is 0 Å². The second-order valence-corrected chi connectivity index (χ2v) is 5.88. The molecule has 0 heterocycles. The van der Waals surface area contributed by atoms with Gasteiger partial charge in [0.25, 0.3) is 0 Å². The van der Waals surface area contributed by atoms with Gasteiger partial charge >= 0.3 is 0 Å². The van der Waals surface area contributed by atoms with E-state index >= 15 is 0 Å². The van der Waals surface area contributed by atoms with Crippen LogP contribution in [-0.4, -0.2) is 18.5 Å². The molecule has 1 fully saturated rings. The minimum atomic E-state index is 0. The third-order valence-corrected chi connectivity index (χ3v) is 4.44. The lowest BCUT2D eigenvalue weighted by atomic mass is 9.84. The van der Waals surface area contributed by atoms with Crippen LogP contribution in [0.15, 0.2) is 24.3 Å². The monoisotopic (exact) mass is 310 g/mol. The lowest BCUT2D eigenvalue weighted by Gasteiger charge is -2.31. The van der Waals surface area contributed by atoms with Crippen molar-refractivity contribution in [3.8, 4) is 0 Å². The Kier molecular flexibility index (Phi) is 7.76. The molecule has 2 atom stereocenters. The number of aryl methyl sites for hydroxylation is 2. The first-order valence-corrected chi connectivity index (χ1v) is 7.74. The summed E-state index contributed by atoms with van der Waals surface area (Å²) in [4.78, 5) is 12.1. The van der Waals surface area contributed by atoms with Crippen molar-refractivity contribution < 1.29 is 4.79 Å². The molecular formula is C17H27ClN2O. The molecule has 118 valence electrons. The van der Waals surface area contributed by atoms with E-state index in [0.717, 1.165) is 19.3 Å². The molecule has 2 rings (SSSR count). The maximum Gasteiger partial charge on any atom is 0.220 e. The molecular weight excluding hydrogens is 284 g/mol. The first-order chi connectivity index (χ1) is 9.70. The molecule has 0 aliphatic heterocycles. The van der Waals surface area contributed by atoms with Crippen molar-refractivity contribution in [3.05, 3.63) is 35.4 Å². The summed E-state index contributed by atoms with van der Waals surface area (Å²) in [7, 11) is 0. The number of hydrogen-bond acceptors (Lipinski definition) is 2. The Morgan fingerprint density at radius 3 is 2.71 bits per heavy atom. The Bertz CT molecular complexity index is 450. The first-order valence-electron chi connectivity index (χ1n) is 7.74. The smallest absolute Gasteiger partial charge is 0.220 e. The van der Waals surface area contributed by atoms with Crippen LogP contribution in [0.25, 0.3) is 0 Å². The fourth-order valence-electron chi connectivity index (χ4n) is 3.10. The Morgan fingerprint density at radius 1 is 1.29 bits per heavy atom. The van der Waals surface area contributed by atoms with Crippen LogP contribution in [0.2, 0.25) is 0 Å². The quantitative estimate of drug-likeness (QED) is 0.878. The number of carbonyl (C=O) groups excluding carboxylic acids is 1. The van der Waals surface area contributed by atoms with Crippen molar-refractivity contribution in [1.29, 1.82) is 0 Å². The summed E-state index contributed by atoms with van der Waals surface area (Å²) in [5.41, 5.74) is 8.33. The zero-order chi connectivity index (χ0) is 14.4. The number of hydrogen-bond donors (Lipinski definition) is 2. The minimum absolute atomic E-state index is 0. The van der Waals surface area contributed by atoms with Crippen molar-refractivity contribution in [3.63, 3.8) is 0 Å². The van der Waals surface area contributed by atoms with Gasteiger partial charge in [0.1, 0.15) is 0 Å². The van der Waals surface area contributed by atoms with Gasteiger partial charge in [-0.1, -0.05) is 37.1 Å². The lowest BCUT2D eigenvalue weighted by molar-refractivity contribution is -0.122. The van der Waals surface area contributed by atoms with Crippen LogP contribution >= 0.6 is 12.4 Å². The van der Waals surface area contributed by atoms with Crippen molar-refractivity contribution in [2.75, 3.05) is 6.54 Å². The van der Waals surface area contributed by atoms with Gasteiger partial charge in [0.05, 0.1) is 0 Å². The zero-order valence-corrected chi connectivity index (χ0v) is 13.6. The number of carbonyl (C=O) groups is 1. The third kappa shape index (κ3) is 5.33. The third-order valence-electron chi connectivity index (χ3n) is 4.44. The van der Waals surface area contributed by atoms with E-state index in [1.54, 1.807) is 0 Å². The van der Waals surface area contributed by atoms with E-state index in [0.29, 0.717) is 18.9 Å². The van der Waals surface area contributed by atoms with E-state index in [1.165, 1.54) is 24.0 Å². The number of halogens is 1. The highest BCUT2D eigenvalue weighted by Crippen LogP contribution is 2.23. The van der Waals surface area contributed by atoms with Gasteiger partial charge in [-0.15, -0.1) is 12.4 Å². The van der Waals surface area contributed by atoms with Gasteiger partial charge in [-0.2, -0.15) is 0 Å². The maximum absolute atomic E-state index is 12.1. The molecule has 4 heteroatoms. The fourth-order valence-corrected chi connectivity index (χ4v) is 3.10. The van der Waals surface area contributed by atoms with Gasteiger partial charge in [-0.3, -0.25) is 4.79 Å². The topological polar surface area (TPSA) is 55.1 Å². The summed E-state index contributed by atoms with van der Waals surface area (Å²) in [5, 5.41) is 3.19. The van der Waals surface area contributed by atoms with Gasteiger partial charge < -0.3 is 11.1 Å². The predicted octanol–water partition coefficient (Wildman–Crippen LogP) is 2.98. The molecule has 21 heavy (non-hydrogen) atoms. The van der Waals surface area contributed by atoms with E-state index in [4.69, 9.17) is 5.73 Å². The maximum atomic E-state index is 12.1. The van der Waals surface area contributed by atoms with E-state index in [-0.39, 0.29) is 24.4 Å². The number of nitrogens with one attached hydrogen (secondary N) is 1. The number of amides is 1. The highest BCUT2D eigenvalue weighted by atomic mass is 35.5. The Morgan fingerprint density at radius 2 is 2.00 bits per heavy atom. The summed E-state index contributed by atoms with van der Waals surface area (Å²) in [5.74, 6) is 0.629. The zero-order valence-electron chi connectivity index (χ0n) is 12.8. The standard InChI is InChI=1S/C17H26N2O.ClH/c1-13-6-2-3-7-14(13)10-11-17(20)19-16-9-5-4-8-15(16)12-18;/h2-3,6-7,15-16H,4-5,8-12,18H2,1H3,(H,19,20);1H. The molecule has 0 radical (unpaired) electrons. The first kappa shape index (κ1) is 18.0. The minimum Gasteiger partial charge on any atom is -0.353 e. The van der Waals surface area contributed by atoms with Crippen LogP contribution < -0.4 is 11.1 Å². The SMILES string of the molecule is Cc1ccccc1CCC(=O)NC1CCCCC1CN.Cl. The molecule has 1 aliphatic carbocycles. The van der Waals surface area contributed by atoms with Crippen LogP contribution in [0.5, 0.6) is 0 Å². The van der Waals surface area contributed by atoms with Crippen molar-refractivity contribution in [2.45, 2.75) is 51.5 Å². The normalized spacial score (nSPS) is 21.4. The number of nitrogens with two attached hydrogens (primary N) is 1. The molecule has 1 aliphatic rings. The lowest BCUT2D eigenvalue weighted by Crippen LogP contribution is -2.44. The number of rotatable bonds is 5.